The topological polar surface area (TPSA) is 64.3 Å². The minimum atomic E-state index is -0.232. The summed E-state index contributed by atoms with van der Waals surface area (Å²) in [7, 11) is 0. The summed E-state index contributed by atoms with van der Waals surface area (Å²) in [5.74, 6) is 0.511. The Morgan fingerprint density at radius 2 is 2.16 bits per heavy atom. The number of piperidine rings is 1. The number of likely N-dealkylation sites (tertiary alicyclic amines) is 1. The van der Waals surface area contributed by atoms with Gasteiger partial charge in [-0.05, 0) is 31.6 Å². The van der Waals surface area contributed by atoms with Gasteiger partial charge in [-0.15, -0.1) is 0 Å². The molecule has 19 heavy (non-hydrogen) atoms. The number of carbonyl (C=O) groups is 1. The molecule has 0 bridgehead atoms. The van der Waals surface area contributed by atoms with E-state index in [0.29, 0.717) is 12.0 Å². The number of hydrogen-bond acceptors (Lipinski definition) is 3. The van der Waals surface area contributed by atoms with Gasteiger partial charge in [0, 0.05) is 24.0 Å². The Kier molecular flexibility index (Phi) is 3.05. The minimum absolute atomic E-state index is 0.0963. The van der Waals surface area contributed by atoms with Crippen molar-refractivity contribution in [3.8, 4) is 6.07 Å². The van der Waals surface area contributed by atoms with Gasteiger partial charge in [-0.25, -0.2) is 0 Å². The first-order chi connectivity index (χ1) is 9.13. The van der Waals surface area contributed by atoms with E-state index in [1.807, 2.05) is 11.8 Å². The van der Waals surface area contributed by atoms with Crippen LogP contribution in [0.3, 0.4) is 0 Å². The molecule has 4 nitrogen and oxygen atoms in total. The molecule has 0 aromatic heterocycles. The number of rotatable bonds is 3. The first-order valence-corrected chi connectivity index (χ1v) is 7.45. The van der Waals surface area contributed by atoms with Gasteiger partial charge in [0.2, 0.25) is 5.91 Å². The van der Waals surface area contributed by atoms with E-state index in [0.717, 1.165) is 38.5 Å². The van der Waals surface area contributed by atoms with Crippen LogP contribution in [-0.4, -0.2) is 34.6 Å². The van der Waals surface area contributed by atoms with E-state index in [2.05, 4.69) is 6.07 Å². The van der Waals surface area contributed by atoms with Crippen LogP contribution in [0.2, 0.25) is 0 Å². The molecule has 1 N–H and O–H groups in total. The predicted molar refractivity (Wildman–Crippen MR) is 69.9 cm³/mol. The average Bonchev–Trinajstić information content (AvgIpc) is 2.91. The lowest BCUT2D eigenvalue weighted by atomic mass is 9.74. The molecule has 1 saturated heterocycles. The molecular weight excluding hydrogens is 240 g/mol. The Hall–Kier alpha value is -1.08. The molecule has 3 fully saturated rings. The third-order valence-electron chi connectivity index (χ3n) is 5.71. The number of carbonyl (C=O) groups excluding carboxylic acids is 1. The second kappa shape index (κ2) is 4.49. The molecule has 1 unspecified atom stereocenters. The number of amides is 1. The predicted octanol–water partition coefficient (Wildman–Crippen LogP) is 1.69. The summed E-state index contributed by atoms with van der Waals surface area (Å²) in [6, 6.07) is 2.36. The van der Waals surface area contributed by atoms with Crippen molar-refractivity contribution in [3.05, 3.63) is 0 Å². The maximum atomic E-state index is 12.8. The van der Waals surface area contributed by atoms with E-state index in [-0.39, 0.29) is 29.9 Å². The Bertz CT molecular complexity index is 422. The van der Waals surface area contributed by atoms with Gasteiger partial charge in [-0.3, -0.25) is 4.79 Å². The molecule has 1 aliphatic heterocycles. The molecular formula is C15H22N2O2. The Morgan fingerprint density at radius 1 is 1.47 bits per heavy atom. The van der Waals surface area contributed by atoms with Crippen molar-refractivity contribution in [2.24, 2.45) is 17.3 Å². The standard InChI is InChI=1S/C15H22N2O2/c1-10(15(9-18)4-2-3-5-15)14(19)17-12(8-16)6-11-7-13(11)17/h10-13,18H,2-7,9H2,1H3/t10?,11-,12+,13+/m1/s1. The van der Waals surface area contributed by atoms with Crippen LogP contribution in [0.1, 0.15) is 45.4 Å². The number of nitrogens with zero attached hydrogens (tertiary/aromatic N) is 2. The summed E-state index contributed by atoms with van der Waals surface area (Å²) in [5.41, 5.74) is -0.232. The molecule has 3 aliphatic rings. The zero-order chi connectivity index (χ0) is 13.6. The molecule has 4 atom stereocenters. The second-order valence-corrected chi connectivity index (χ2v) is 6.64. The quantitative estimate of drug-likeness (QED) is 0.841. The second-order valence-electron chi connectivity index (χ2n) is 6.64. The van der Waals surface area contributed by atoms with E-state index >= 15 is 0 Å². The highest BCUT2D eigenvalue weighted by atomic mass is 16.3. The van der Waals surface area contributed by atoms with Crippen molar-refractivity contribution < 1.29 is 9.90 Å². The third kappa shape index (κ3) is 1.87. The normalized spacial score (nSPS) is 36.7. The lowest BCUT2D eigenvalue weighted by molar-refractivity contribution is -0.141. The SMILES string of the molecule is CC(C(=O)N1[C@H](C#N)C[C@@H]2C[C@@H]21)C1(CO)CCCC1. The zero-order valence-corrected chi connectivity index (χ0v) is 11.5. The van der Waals surface area contributed by atoms with E-state index in [4.69, 9.17) is 0 Å². The zero-order valence-electron chi connectivity index (χ0n) is 11.5. The van der Waals surface area contributed by atoms with Crippen LogP contribution in [0.5, 0.6) is 0 Å². The van der Waals surface area contributed by atoms with Crippen molar-refractivity contribution >= 4 is 5.91 Å². The summed E-state index contributed by atoms with van der Waals surface area (Å²) >= 11 is 0. The van der Waals surface area contributed by atoms with Gasteiger partial charge in [0.15, 0.2) is 0 Å². The molecule has 1 heterocycles. The van der Waals surface area contributed by atoms with Gasteiger partial charge in [0.25, 0.3) is 0 Å². The number of aliphatic hydroxyl groups is 1. The minimum Gasteiger partial charge on any atom is -0.396 e. The number of hydrogen-bond donors (Lipinski definition) is 1. The molecule has 0 aromatic carbocycles. The van der Waals surface area contributed by atoms with Gasteiger partial charge < -0.3 is 10.0 Å². The largest absolute Gasteiger partial charge is 0.396 e. The van der Waals surface area contributed by atoms with Crippen LogP contribution in [0.15, 0.2) is 0 Å². The van der Waals surface area contributed by atoms with Crippen LogP contribution in [0.25, 0.3) is 0 Å². The van der Waals surface area contributed by atoms with Gasteiger partial charge >= 0.3 is 0 Å². The molecule has 0 spiro atoms. The fourth-order valence-electron chi connectivity index (χ4n) is 4.18. The fraction of sp³-hybridized carbons (Fsp3) is 0.867. The summed E-state index contributed by atoms with van der Waals surface area (Å²) in [6.07, 6.45) is 6.01. The maximum Gasteiger partial charge on any atom is 0.227 e. The lowest BCUT2D eigenvalue weighted by Gasteiger charge is -2.36. The lowest BCUT2D eigenvalue weighted by Crippen LogP contribution is -2.46. The van der Waals surface area contributed by atoms with Crippen molar-refractivity contribution in [2.75, 3.05) is 6.61 Å². The molecule has 2 aliphatic carbocycles. The highest BCUT2D eigenvalue weighted by Gasteiger charge is 2.56. The number of aliphatic hydroxyl groups excluding tert-OH is 1. The highest BCUT2D eigenvalue weighted by molar-refractivity contribution is 5.81. The van der Waals surface area contributed by atoms with Gasteiger partial charge in [0.1, 0.15) is 6.04 Å². The van der Waals surface area contributed by atoms with Crippen LogP contribution in [0, 0.1) is 28.6 Å². The van der Waals surface area contributed by atoms with Crippen molar-refractivity contribution in [2.45, 2.75) is 57.5 Å². The Balaban J connectivity index is 1.78. The molecule has 3 rings (SSSR count). The molecule has 0 radical (unpaired) electrons. The summed E-state index contributed by atoms with van der Waals surface area (Å²) in [5, 5.41) is 18.9. The molecule has 0 aromatic rings. The van der Waals surface area contributed by atoms with Gasteiger partial charge in [0.05, 0.1) is 6.07 Å². The number of fused-ring (bicyclic) bond motifs is 1. The summed E-state index contributed by atoms with van der Waals surface area (Å²) in [4.78, 5) is 14.6. The molecule has 4 heteroatoms. The average molecular weight is 262 g/mol. The van der Waals surface area contributed by atoms with Crippen molar-refractivity contribution in [1.82, 2.24) is 4.90 Å². The molecule has 104 valence electrons. The van der Waals surface area contributed by atoms with E-state index < -0.39 is 0 Å². The smallest absolute Gasteiger partial charge is 0.227 e. The van der Waals surface area contributed by atoms with Crippen LogP contribution in [-0.2, 0) is 4.79 Å². The Labute approximate surface area is 114 Å². The van der Waals surface area contributed by atoms with Crippen LogP contribution < -0.4 is 0 Å². The summed E-state index contributed by atoms with van der Waals surface area (Å²) in [6.45, 7) is 2.05. The monoisotopic (exact) mass is 262 g/mol. The third-order valence-corrected chi connectivity index (χ3v) is 5.71. The summed E-state index contributed by atoms with van der Waals surface area (Å²) < 4.78 is 0. The first-order valence-electron chi connectivity index (χ1n) is 7.45. The Morgan fingerprint density at radius 3 is 2.74 bits per heavy atom. The molecule has 1 amide bonds. The van der Waals surface area contributed by atoms with E-state index in [1.54, 1.807) is 0 Å². The van der Waals surface area contributed by atoms with Crippen LogP contribution >= 0.6 is 0 Å². The van der Waals surface area contributed by atoms with Gasteiger partial charge in [-0.2, -0.15) is 5.26 Å². The highest BCUT2D eigenvalue weighted by Crippen LogP contribution is 2.51. The van der Waals surface area contributed by atoms with Crippen molar-refractivity contribution in [1.29, 1.82) is 5.26 Å². The van der Waals surface area contributed by atoms with Gasteiger partial charge in [-0.1, -0.05) is 19.8 Å². The fourth-order valence-corrected chi connectivity index (χ4v) is 4.18. The first kappa shape index (κ1) is 12.9. The maximum absolute atomic E-state index is 12.8. The van der Waals surface area contributed by atoms with E-state index in [1.165, 1.54) is 0 Å². The van der Waals surface area contributed by atoms with Crippen molar-refractivity contribution in [3.63, 3.8) is 0 Å². The number of nitriles is 1. The van der Waals surface area contributed by atoms with Crippen LogP contribution in [0.4, 0.5) is 0 Å². The van der Waals surface area contributed by atoms with E-state index in [9.17, 15) is 15.2 Å². The molecule has 2 saturated carbocycles.